The van der Waals surface area contributed by atoms with Crippen LogP contribution in [0.2, 0.25) is 0 Å². The second-order valence-corrected chi connectivity index (χ2v) is 8.28. The van der Waals surface area contributed by atoms with Gasteiger partial charge in [0.05, 0.1) is 6.61 Å². The molecule has 1 aromatic rings. The average Bonchev–Trinajstić information content (AvgIpc) is 3.52. The second-order valence-electron chi connectivity index (χ2n) is 8.28. The molecule has 0 aromatic heterocycles. The normalized spacial score (nSPS) is 20.2. The molecule has 6 nitrogen and oxygen atoms in total. The lowest BCUT2D eigenvalue weighted by atomic mass is 9.74. The van der Waals surface area contributed by atoms with E-state index < -0.39 is 12.1 Å². The fourth-order valence-electron chi connectivity index (χ4n) is 4.24. The van der Waals surface area contributed by atoms with Crippen LogP contribution >= 0.6 is 0 Å². The number of anilines is 1. The molecule has 0 radical (unpaired) electrons. The number of aliphatic carboxylic acids is 1. The standard InChI is InChI=1S/C19H25FN2O2.C2HF3O2/c1-24-11-10-21-8-6-19(7-9-21)13-22(18(23)14-2-3-14)17-5-4-15(20)12-16(17)19;3-2(4,5)1(6)7/h4-5,12,14H,2-3,6-11,13H2,1H3;(H,6,7). The molecule has 4 rings (SSSR count). The Kier molecular flexibility index (Phi) is 6.90. The highest BCUT2D eigenvalue weighted by atomic mass is 19.4. The van der Waals surface area contributed by atoms with Crippen LogP contribution in [0.4, 0.5) is 23.2 Å². The highest BCUT2D eigenvalue weighted by Crippen LogP contribution is 2.48. The molecular formula is C21H26F4N2O4. The minimum absolute atomic E-state index is 0.0778. The van der Waals surface area contributed by atoms with E-state index in [0.717, 1.165) is 69.7 Å². The van der Waals surface area contributed by atoms with Crippen molar-refractivity contribution >= 4 is 17.6 Å². The number of carbonyl (C=O) groups is 2. The largest absolute Gasteiger partial charge is 0.490 e. The Balaban J connectivity index is 0.000000339. The first-order valence-electron chi connectivity index (χ1n) is 10.2. The van der Waals surface area contributed by atoms with Gasteiger partial charge in [0, 0.05) is 37.2 Å². The molecule has 0 atom stereocenters. The number of carbonyl (C=O) groups excluding carboxylic acids is 1. The lowest BCUT2D eigenvalue weighted by Gasteiger charge is -2.39. The molecule has 1 aliphatic carbocycles. The molecule has 3 aliphatic rings. The van der Waals surface area contributed by atoms with E-state index in [1.807, 2.05) is 4.90 Å². The molecule has 2 fully saturated rings. The van der Waals surface area contributed by atoms with Crippen molar-refractivity contribution < 1.29 is 37.0 Å². The van der Waals surface area contributed by atoms with Crippen molar-refractivity contribution in [2.75, 3.05) is 44.8 Å². The Labute approximate surface area is 177 Å². The van der Waals surface area contributed by atoms with Gasteiger partial charge in [-0.3, -0.25) is 4.79 Å². The van der Waals surface area contributed by atoms with Crippen molar-refractivity contribution in [3.05, 3.63) is 29.6 Å². The molecule has 1 spiro atoms. The van der Waals surface area contributed by atoms with E-state index >= 15 is 0 Å². The number of rotatable bonds is 4. The van der Waals surface area contributed by atoms with Crippen molar-refractivity contribution in [2.45, 2.75) is 37.3 Å². The highest BCUT2D eigenvalue weighted by molar-refractivity contribution is 5.99. The predicted octanol–water partition coefficient (Wildman–Crippen LogP) is 3.20. The monoisotopic (exact) mass is 446 g/mol. The third-order valence-corrected chi connectivity index (χ3v) is 6.14. The number of hydrogen-bond donors (Lipinski definition) is 1. The molecule has 1 saturated carbocycles. The molecule has 31 heavy (non-hydrogen) atoms. The topological polar surface area (TPSA) is 70.1 Å². The van der Waals surface area contributed by atoms with Gasteiger partial charge in [-0.25, -0.2) is 9.18 Å². The van der Waals surface area contributed by atoms with Crippen LogP contribution < -0.4 is 4.90 Å². The van der Waals surface area contributed by atoms with Gasteiger partial charge in [-0.2, -0.15) is 13.2 Å². The van der Waals surface area contributed by atoms with Crippen LogP contribution in [0.25, 0.3) is 0 Å². The van der Waals surface area contributed by atoms with Crippen LogP contribution in [0.5, 0.6) is 0 Å². The summed E-state index contributed by atoms with van der Waals surface area (Å²) >= 11 is 0. The third kappa shape index (κ3) is 5.35. The number of fused-ring (bicyclic) bond motifs is 2. The predicted molar refractivity (Wildman–Crippen MR) is 104 cm³/mol. The Morgan fingerprint density at radius 1 is 1.23 bits per heavy atom. The van der Waals surface area contributed by atoms with Crippen LogP contribution in [0.1, 0.15) is 31.2 Å². The van der Waals surface area contributed by atoms with Gasteiger partial charge in [-0.1, -0.05) is 0 Å². The summed E-state index contributed by atoms with van der Waals surface area (Å²) in [5.41, 5.74) is 1.91. The number of alkyl halides is 3. The van der Waals surface area contributed by atoms with E-state index in [9.17, 15) is 22.4 Å². The second kappa shape index (κ2) is 9.12. The molecule has 2 heterocycles. The molecule has 10 heteroatoms. The van der Waals surface area contributed by atoms with Gasteiger partial charge in [0.15, 0.2) is 0 Å². The van der Waals surface area contributed by atoms with E-state index in [0.29, 0.717) is 0 Å². The fraction of sp³-hybridized carbons (Fsp3) is 0.619. The first kappa shape index (κ1) is 23.5. The molecule has 1 aromatic carbocycles. The van der Waals surface area contributed by atoms with Crippen molar-refractivity contribution in [1.82, 2.24) is 4.90 Å². The van der Waals surface area contributed by atoms with E-state index in [2.05, 4.69) is 4.90 Å². The van der Waals surface area contributed by atoms with Crippen LogP contribution in [0.15, 0.2) is 18.2 Å². The van der Waals surface area contributed by atoms with Gasteiger partial charge < -0.3 is 19.6 Å². The average molecular weight is 446 g/mol. The molecule has 0 unspecified atom stereocenters. The number of hydrogen-bond acceptors (Lipinski definition) is 4. The van der Waals surface area contributed by atoms with Gasteiger partial charge in [0.25, 0.3) is 0 Å². The maximum Gasteiger partial charge on any atom is 0.490 e. The van der Waals surface area contributed by atoms with Crippen LogP contribution in [-0.4, -0.2) is 68.0 Å². The number of piperidine rings is 1. The maximum atomic E-state index is 13.9. The van der Waals surface area contributed by atoms with Gasteiger partial charge in [0.1, 0.15) is 5.82 Å². The lowest BCUT2D eigenvalue weighted by Crippen LogP contribution is -2.47. The minimum atomic E-state index is -5.08. The summed E-state index contributed by atoms with van der Waals surface area (Å²) in [7, 11) is 1.72. The van der Waals surface area contributed by atoms with E-state index in [1.165, 1.54) is 6.07 Å². The number of carboxylic acids is 1. The Hall–Kier alpha value is -2.20. The summed E-state index contributed by atoms with van der Waals surface area (Å²) < 4.78 is 50.8. The third-order valence-electron chi connectivity index (χ3n) is 6.14. The smallest absolute Gasteiger partial charge is 0.475 e. The van der Waals surface area contributed by atoms with Crippen LogP contribution in [0, 0.1) is 11.7 Å². The number of nitrogens with zero attached hydrogens (tertiary/aromatic N) is 2. The summed E-state index contributed by atoms with van der Waals surface area (Å²) in [6.07, 6.45) is -1.13. The number of methoxy groups -OCH3 is 1. The SMILES string of the molecule is COCCN1CCC2(CC1)CN(C(=O)C1CC1)c1ccc(F)cc12.O=C(O)C(F)(F)F. The van der Waals surface area contributed by atoms with E-state index in [4.69, 9.17) is 14.6 Å². The van der Waals surface area contributed by atoms with Crippen LogP contribution in [0.3, 0.4) is 0 Å². The molecule has 2 aliphatic heterocycles. The summed E-state index contributed by atoms with van der Waals surface area (Å²) in [6, 6.07) is 4.95. The summed E-state index contributed by atoms with van der Waals surface area (Å²) in [4.78, 5) is 25.9. The molecular weight excluding hydrogens is 420 g/mol. The Morgan fingerprint density at radius 2 is 1.84 bits per heavy atom. The summed E-state index contributed by atoms with van der Waals surface area (Å²) in [5.74, 6) is -2.52. The molecule has 1 N–H and O–H groups in total. The zero-order chi connectivity index (χ0) is 22.8. The van der Waals surface area contributed by atoms with E-state index in [-0.39, 0.29) is 23.1 Å². The van der Waals surface area contributed by atoms with Gasteiger partial charge in [-0.15, -0.1) is 0 Å². The van der Waals surface area contributed by atoms with Crippen molar-refractivity contribution in [3.63, 3.8) is 0 Å². The highest BCUT2D eigenvalue weighted by Gasteiger charge is 2.48. The number of ether oxygens (including phenoxy) is 1. The van der Waals surface area contributed by atoms with E-state index in [1.54, 1.807) is 19.2 Å². The minimum Gasteiger partial charge on any atom is -0.475 e. The number of halogens is 4. The summed E-state index contributed by atoms with van der Waals surface area (Å²) in [6.45, 7) is 4.35. The molecule has 172 valence electrons. The number of likely N-dealkylation sites (tertiary alicyclic amines) is 1. The number of carboxylic acid groups (broad SMARTS) is 1. The van der Waals surface area contributed by atoms with Crippen LogP contribution in [-0.2, 0) is 19.7 Å². The first-order valence-corrected chi connectivity index (χ1v) is 10.2. The Bertz CT molecular complexity index is 818. The Morgan fingerprint density at radius 3 is 2.35 bits per heavy atom. The number of benzene rings is 1. The van der Waals surface area contributed by atoms with Gasteiger partial charge >= 0.3 is 12.1 Å². The fourth-order valence-corrected chi connectivity index (χ4v) is 4.24. The quantitative estimate of drug-likeness (QED) is 0.720. The molecule has 0 bridgehead atoms. The number of amides is 1. The van der Waals surface area contributed by atoms with Crippen molar-refractivity contribution in [1.29, 1.82) is 0 Å². The molecule has 1 amide bonds. The van der Waals surface area contributed by atoms with Gasteiger partial charge in [0.2, 0.25) is 5.91 Å². The zero-order valence-electron chi connectivity index (χ0n) is 17.3. The van der Waals surface area contributed by atoms with Crippen molar-refractivity contribution in [2.24, 2.45) is 5.92 Å². The van der Waals surface area contributed by atoms with Gasteiger partial charge in [-0.05, 0) is 62.5 Å². The molecule has 1 saturated heterocycles. The maximum absolute atomic E-state index is 13.9. The summed E-state index contributed by atoms with van der Waals surface area (Å²) in [5, 5.41) is 7.12. The lowest BCUT2D eigenvalue weighted by molar-refractivity contribution is -0.192. The first-order chi connectivity index (χ1) is 14.6. The zero-order valence-corrected chi connectivity index (χ0v) is 17.3. The van der Waals surface area contributed by atoms with Crippen molar-refractivity contribution in [3.8, 4) is 0 Å².